The lowest BCUT2D eigenvalue weighted by atomic mass is 10.2. The second kappa shape index (κ2) is 13.8. The lowest BCUT2D eigenvalue weighted by Gasteiger charge is -2.13. The van der Waals surface area contributed by atoms with E-state index in [0.717, 1.165) is 0 Å². The summed E-state index contributed by atoms with van der Waals surface area (Å²) in [4.78, 5) is 102. The van der Waals surface area contributed by atoms with Gasteiger partial charge in [-0.2, -0.15) is 0 Å². The van der Waals surface area contributed by atoms with E-state index in [-0.39, 0.29) is 41.0 Å². The van der Waals surface area contributed by atoms with Crippen LogP contribution in [0.4, 0.5) is 68.2 Å². The van der Waals surface area contributed by atoms with Crippen LogP contribution in [0.2, 0.25) is 0 Å². The van der Waals surface area contributed by atoms with Crippen LogP contribution in [0.5, 0.6) is 0 Å². The average molecular weight is 743 g/mol. The van der Waals surface area contributed by atoms with Crippen molar-refractivity contribution >= 4 is 68.2 Å². The Morgan fingerprint density at radius 1 is 0.491 bits per heavy atom. The topological polar surface area (TPSA) is 430 Å². The Morgan fingerprint density at radius 3 is 1.17 bits per heavy atom. The Morgan fingerprint density at radius 2 is 0.830 bits per heavy atom. The van der Waals surface area contributed by atoms with Crippen molar-refractivity contribution in [3.63, 3.8) is 0 Å². The number of anilines is 2. The summed E-state index contributed by atoms with van der Waals surface area (Å²) >= 11 is 0. The summed E-state index contributed by atoms with van der Waals surface area (Å²) in [6, 6.07) is 1.20. The van der Waals surface area contributed by atoms with E-state index in [2.05, 4.69) is 9.98 Å². The SMILES string of the molecule is O=[N+]([O-])c1cc([N+](=O)[O-])c(N=c2c(Nc3c([N+](=O)[O-])cc([N+](=O)[O-])cc3[N+](=O)[O-])cncn2-c2c([N+](=O)[O-])cc([N+](=O)[O-])cc2[N+](=O)[O-])c([N+](=O)[O-])c1. The van der Waals surface area contributed by atoms with Gasteiger partial charge in [0.2, 0.25) is 11.4 Å². The molecule has 0 saturated carbocycles. The molecule has 1 heterocycles. The minimum absolute atomic E-state index is 0.174. The molecule has 0 saturated heterocycles. The van der Waals surface area contributed by atoms with Crippen LogP contribution in [0, 0.1) is 91.0 Å². The molecule has 4 aromatic rings. The summed E-state index contributed by atoms with van der Waals surface area (Å²) < 4.78 is 0.181. The van der Waals surface area contributed by atoms with E-state index in [0.29, 0.717) is 12.5 Å². The molecule has 270 valence electrons. The van der Waals surface area contributed by atoms with Crippen molar-refractivity contribution < 1.29 is 44.3 Å². The van der Waals surface area contributed by atoms with Gasteiger partial charge in [0.25, 0.3) is 17.1 Å². The zero-order chi connectivity index (χ0) is 39.6. The highest BCUT2D eigenvalue weighted by Crippen LogP contribution is 2.43. The van der Waals surface area contributed by atoms with Crippen LogP contribution in [0.3, 0.4) is 0 Å². The standard InChI is InChI=1S/C22H9N13O18/c36-27(37)9-1-13(30(42)43)19(14(2-9)31(44)45)24-12-7-23-8-26(21-17(34(50)51)5-11(29(40)41)6-18(21)35(52)53)22(12)25-20-15(32(46)47)3-10(28(38)39)4-16(20)33(48)49/h1-8,24H. The van der Waals surface area contributed by atoms with Crippen LogP contribution in [0.1, 0.15) is 0 Å². The van der Waals surface area contributed by atoms with E-state index in [1.54, 1.807) is 0 Å². The normalized spacial score (nSPS) is 11.0. The smallest absolute Gasteiger partial charge is 0.308 e. The van der Waals surface area contributed by atoms with Gasteiger partial charge in [-0.05, 0) is 0 Å². The molecule has 0 aliphatic carbocycles. The van der Waals surface area contributed by atoms with Crippen LogP contribution in [0.25, 0.3) is 5.69 Å². The van der Waals surface area contributed by atoms with Crippen LogP contribution >= 0.6 is 0 Å². The maximum Gasteiger partial charge on any atom is 0.308 e. The van der Waals surface area contributed by atoms with E-state index >= 15 is 0 Å². The van der Waals surface area contributed by atoms with Crippen molar-refractivity contribution in [3.8, 4) is 5.69 Å². The average Bonchev–Trinajstić information content (AvgIpc) is 3.07. The predicted molar refractivity (Wildman–Crippen MR) is 165 cm³/mol. The van der Waals surface area contributed by atoms with Crippen molar-refractivity contribution in [2.24, 2.45) is 4.99 Å². The summed E-state index contributed by atoms with van der Waals surface area (Å²) in [6.45, 7) is 0. The first-order chi connectivity index (χ1) is 24.7. The number of nitro benzene ring substituents is 9. The van der Waals surface area contributed by atoms with E-state index in [1.807, 2.05) is 5.32 Å². The maximum atomic E-state index is 12.1. The molecule has 31 heteroatoms. The second-order valence-corrected chi connectivity index (χ2v) is 9.58. The Hall–Kier alpha value is -9.06. The molecule has 0 radical (unpaired) electrons. The van der Waals surface area contributed by atoms with E-state index in [9.17, 15) is 91.0 Å². The van der Waals surface area contributed by atoms with Gasteiger partial charge in [-0.1, -0.05) is 0 Å². The molecule has 0 amide bonds. The molecular weight excluding hydrogens is 734 g/mol. The van der Waals surface area contributed by atoms with Crippen LogP contribution < -0.4 is 10.8 Å². The Balaban J connectivity index is 2.34. The number of rotatable bonds is 13. The van der Waals surface area contributed by atoms with Gasteiger partial charge < -0.3 is 5.32 Å². The number of nitro groups is 9. The molecule has 3 aromatic carbocycles. The first-order valence-electron chi connectivity index (χ1n) is 13.0. The predicted octanol–water partition coefficient (Wildman–Crippen LogP) is 4.02. The zero-order valence-corrected chi connectivity index (χ0v) is 24.8. The van der Waals surface area contributed by atoms with Gasteiger partial charge in [0, 0.05) is 0 Å². The lowest BCUT2D eigenvalue weighted by Crippen LogP contribution is -2.25. The third-order valence-corrected chi connectivity index (χ3v) is 6.58. The van der Waals surface area contributed by atoms with E-state index in [4.69, 9.17) is 0 Å². The third-order valence-electron chi connectivity index (χ3n) is 6.58. The first kappa shape index (κ1) is 36.8. The van der Waals surface area contributed by atoms with Crippen molar-refractivity contribution in [1.82, 2.24) is 9.55 Å². The molecule has 0 atom stereocenters. The van der Waals surface area contributed by atoms with Gasteiger partial charge in [-0.25, -0.2) is 9.98 Å². The number of non-ortho nitro benzene ring substituents is 3. The monoisotopic (exact) mass is 743 g/mol. The summed E-state index contributed by atoms with van der Waals surface area (Å²) in [7, 11) is 0. The minimum Gasteiger partial charge on any atom is -0.340 e. The first-order valence-corrected chi connectivity index (χ1v) is 13.0. The largest absolute Gasteiger partial charge is 0.340 e. The molecule has 0 fully saturated rings. The fraction of sp³-hybridized carbons (Fsp3) is 0. The van der Waals surface area contributed by atoms with Gasteiger partial charge in [0.1, 0.15) is 12.0 Å². The quantitative estimate of drug-likeness (QED) is 0.149. The van der Waals surface area contributed by atoms with Crippen LogP contribution in [-0.4, -0.2) is 53.9 Å². The van der Waals surface area contributed by atoms with Crippen LogP contribution in [-0.2, 0) is 0 Å². The van der Waals surface area contributed by atoms with E-state index in [1.165, 1.54) is 0 Å². The summed E-state index contributed by atoms with van der Waals surface area (Å²) in [6.07, 6.45) is 0.948. The minimum atomic E-state index is -1.51. The van der Waals surface area contributed by atoms with Gasteiger partial charge in [-0.15, -0.1) is 0 Å². The molecular formula is C22H9N13O18. The molecule has 0 unspecified atom stereocenters. The summed E-state index contributed by atoms with van der Waals surface area (Å²) in [5, 5.41) is 109. The molecule has 1 aromatic heterocycles. The Bertz CT molecular complexity index is 2360. The highest BCUT2D eigenvalue weighted by molar-refractivity contribution is 5.82. The molecule has 0 aliphatic heterocycles. The number of hydrogen-bond donors (Lipinski definition) is 1. The number of nitrogens with zero attached hydrogens (tertiary/aromatic N) is 12. The fourth-order valence-electron chi connectivity index (χ4n) is 4.45. The Kier molecular flexibility index (Phi) is 9.58. The third kappa shape index (κ3) is 7.06. The maximum absolute atomic E-state index is 12.1. The molecule has 0 aliphatic rings. The Labute approximate surface area is 284 Å². The van der Waals surface area contributed by atoms with Crippen LogP contribution in [0.15, 0.2) is 53.9 Å². The van der Waals surface area contributed by atoms with Crippen molar-refractivity contribution in [2.75, 3.05) is 5.32 Å². The highest BCUT2D eigenvalue weighted by Gasteiger charge is 2.36. The summed E-state index contributed by atoms with van der Waals surface area (Å²) in [5.74, 6) is 0. The van der Waals surface area contributed by atoms with Gasteiger partial charge in [-0.3, -0.25) is 95.6 Å². The number of aromatic nitrogens is 2. The van der Waals surface area contributed by atoms with E-state index < -0.39 is 124 Å². The molecule has 0 spiro atoms. The lowest BCUT2D eigenvalue weighted by molar-refractivity contribution is -0.403. The van der Waals surface area contributed by atoms with Gasteiger partial charge >= 0.3 is 34.1 Å². The highest BCUT2D eigenvalue weighted by atomic mass is 16.7. The molecule has 31 nitrogen and oxygen atoms in total. The van der Waals surface area contributed by atoms with Crippen molar-refractivity contribution in [1.29, 1.82) is 0 Å². The van der Waals surface area contributed by atoms with Gasteiger partial charge in [0.05, 0.1) is 86.9 Å². The number of nitrogens with one attached hydrogen (secondary N) is 1. The zero-order valence-electron chi connectivity index (χ0n) is 24.8. The molecule has 4 rings (SSSR count). The fourth-order valence-corrected chi connectivity index (χ4v) is 4.45. The summed E-state index contributed by atoms with van der Waals surface area (Å²) in [5.41, 5.74) is -18.7. The van der Waals surface area contributed by atoms with Crippen molar-refractivity contribution in [3.05, 3.63) is 145 Å². The van der Waals surface area contributed by atoms with Crippen molar-refractivity contribution in [2.45, 2.75) is 0 Å². The molecule has 53 heavy (non-hydrogen) atoms. The molecule has 0 bridgehead atoms. The number of benzene rings is 3. The molecule has 1 N–H and O–H groups in total. The second-order valence-electron chi connectivity index (χ2n) is 9.58. The van der Waals surface area contributed by atoms with Gasteiger partial charge in [0.15, 0.2) is 11.2 Å². The number of hydrogen-bond acceptors (Lipinski definition) is 21.